The normalized spacial score (nSPS) is 13.5. The lowest BCUT2D eigenvalue weighted by molar-refractivity contribution is -0.126. The number of nitrogens with zero attached hydrogens (tertiary/aromatic N) is 3. The van der Waals surface area contributed by atoms with Crippen LogP contribution in [-0.2, 0) is 33.9 Å². The van der Waals surface area contributed by atoms with Crippen molar-refractivity contribution in [3.8, 4) is 0 Å². The van der Waals surface area contributed by atoms with E-state index >= 15 is 0 Å². The lowest BCUT2D eigenvalue weighted by Crippen LogP contribution is -2.39. The van der Waals surface area contributed by atoms with E-state index in [9.17, 15) is 9.59 Å². The van der Waals surface area contributed by atoms with Crippen LogP contribution in [0.3, 0.4) is 0 Å². The van der Waals surface area contributed by atoms with Gasteiger partial charge in [0.1, 0.15) is 6.61 Å². The highest BCUT2D eigenvalue weighted by Gasteiger charge is 2.26. The van der Waals surface area contributed by atoms with E-state index in [0.717, 1.165) is 5.56 Å². The number of amides is 2. The van der Waals surface area contributed by atoms with Crippen molar-refractivity contribution in [2.75, 3.05) is 33.5 Å². The van der Waals surface area contributed by atoms with Crippen molar-refractivity contribution in [1.29, 1.82) is 0 Å². The number of carbonyl (C=O) groups is 2. The molecule has 8 nitrogen and oxygen atoms in total. The Morgan fingerprint density at radius 2 is 2.04 bits per heavy atom. The van der Waals surface area contributed by atoms with Crippen LogP contribution in [-0.4, -0.2) is 59.7 Å². The van der Waals surface area contributed by atoms with Crippen molar-refractivity contribution < 1.29 is 19.1 Å². The van der Waals surface area contributed by atoms with Crippen LogP contribution in [0.25, 0.3) is 0 Å². The predicted molar refractivity (Wildman–Crippen MR) is 98.0 cm³/mol. The first-order valence-electron chi connectivity index (χ1n) is 8.90. The molecule has 0 bridgehead atoms. The summed E-state index contributed by atoms with van der Waals surface area (Å²) in [6.45, 7) is 2.94. The molecule has 0 spiro atoms. The van der Waals surface area contributed by atoms with E-state index in [1.807, 2.05) is 41.1 Å². The Kier molecular flexibility index (Phi) is 6.56. The fraction of sp³-hybridized carbons (Fsp3) is 0.421. The molecule has 2 aromatic rings. The number of imidazole rings is 1. The van der Waals surface area contributed by atoms with Gasteiger partial charge in [0.05, 0.1) is 25.5 Å². The van der Waals surface area contributed by atoms with Gasteiger partial charge < -0.3 is 24.3 Å². The topological polar surface area (TPSA) is 85.7 Å². The number of ether oxygens (including phenoxy) is 2. The van der Waals surface area contributed by atoms with Crippen LogP contribution in [0.4, 0.5) is 0 Å². The monoisotopic (exact) mass is 372 g/mol. The van der Waals surface area contributed by atoms with Crippen LogP contribution in [0.1, 0.15) is 21.9 Å². The maximum Gasteiger partial charge on any atom is 0.290 e. The van der Waals surface area contributed by atoms with E-state index in [1.54, 1.807) is 12.0 Å². The minimum absolute atomic E-state index is 0.0271. The molecule has 0 unspecified atom stereocenters. The van der Waals surface area contributed by atoms with E-state index in [0.29, 0.717) is 44.4 Å². The molecule has 0 saturated heterocycles. The Morgan fingerprint density at radius 1 is 1.22 bits per heavy atom. The lowest BCUT2D eigenvalue weighted by Gasteiger charge is -2.27. The van der Waals surface area contributed by atoms with Crippen LogP contribution in [0, 0.1) is 0 Å². The maximum absolute atomic E-state index is 12.7. The molecule has 1 aromatic carbocycles. The molecule has 2 heterocycles. The molecule has 8 heteroatoms. The number of hydrogen-bond donors (Lipinski definition) is 1. The van der Waals surface area contributed by atoms with Gasteiger partial charge in [0.25, 0.3) is 5.91 Å². The van der Waals surface area contributed by atoms with Gasteiger partial charge in [-0.15, -0.1) is 0 Å². The van der Waals surface area contributed by atoms with E-state index < -0.39 is 0 Å². The van der Waals surface area contributed by atoms with Gasteiger partial charge in [-0.2, -0.15) is 0 Å². The fourth-order valence-corrected chi connectivity index (χ4v) is 2.87. The van der Waals surface area contributed by atoms with Gasteiger partial charge in [0.2, 0.25) is 5.91 Å². The summed E-state index contributed by atoms with van der Waals surface area (Å²) in [5, 5.41) is 2.75. The van der Waals surface area contributed by atoms with Crippen LogP contribution in [0.2, 0.25) is 0 Å². The van der Waals surface area contributed by atoms with Gasteiger partial charge >= 0.3 is 0 Å². The summed E-state index contributed by atoms with van der Waals surface area (Å²) in [6, 6.07) is 9.89. The number of fused-ring (bicyclic) bond motifs is 1. The minimum Gasteiger partial charge on any atom is -0.382 e. The van der Waals surface area contributed by atoms with Gasteiger partial charge in [0.15, 0.2) is 5.82 Å². The highest BCUT2D eigenvalue weighted by atomic mass is 16.5. The molecule has 3 rings (SSSR count). The SMILES string of the molecule is COCCOCC(=O)NCc1cn2c(n1)C(=O)N(Cc1ccccc1)CC2. The molecule has 144 valence electrons. The number of rotatable bonds is 9. The standard InChI is InChI=1S/C19H24N4O4/c1-26-9-10-27-14-17(24)20-11-16-13-22-7-8-23(19(25)18(22)21-16)12-15-5-3-2-4-6-15/h2-6,13H,7-12,14H2,1H3,(H,20,24). The van der Waals surface area contributed by atoms with Crippen molar-refractivity contribution in [2.24, 2.45) is 0 Å². The summed E-state index contributed by atoms with van der Waals surface area (Å²) in [7, 11) is 1.58. The second-order valence-electron chi connectivity index (χ2n) is 6.28. The second-order valence-corrected chi connectivity index (χ2v) is 6.28. The number of carbonyl (C=O) groups excluding carboxylic acids is 2. The zero-order valence-corrected chi connectivity index (χ0v) is 15.4. The summed E-state index contributed by atoms with van der Waals surface area (Å²) in [4.78, 5) is 30.7. The quantitative estimate of drug-likeness (QED) is 0.659. The Hall–Kier alpha value is -2.71. The molecule has 1 aromatic heterocycles. The van der Waals surface area contributed by atoms with Crippen molar-refractivity contribution in [1.82, 2.24) is 19.8 Å². The summed E-state index contributed by atoms with van der Waals surface area (Å²) in [6.07, 6.45) is 1.82. The first-order chi connectivity index (χ1) is 13.2. The first-order valence-corrected chi connectivity index (χ1v) is 8.90. The number of benzene rings is 1. The minimum atomic E-state index is -0.228. The lowest BCUT2D eigenvalue weighted by atomic mass is 10.2. The largest absolute Gasteiger partial charge is 0.382 e. The van der Waals surface area contributed by atoms with Crippen LogP contribution < -0.4 is 5.32 Å². The molecule has 2 amide bonds. The van der Waals surface area contributed by atoms with E-state index in [4.69, 9.17) is 9.47 Å². The zero-order valence-electron chi connectivity index (χ0n) is 15.4. The molecule has 0 fully saturated rings. The molecular weight excluding hydrogens is 348 g/mol. The molecule has 27 heavy (non-hydrogen) atoms. The third-order valence-electron chi connectivity index (χ3n) is 4.26. The first kappa shape index (κ1) is 19.1. The van der Waals surface area contributed by atoms with Crippen molar-refractivity contribution in [3.05, 3.63) is 53.6 Å². The Balaban J connectivity index is 1.53. The molecule has 0 aliphatic carbocycles. The summed E-state index contributed by atoms with van der Waals surface area (Å²) in [5.74, 6) is 0.0949. The van der Waals surface area contributed by atoms with Crippen LogP contribution in [0.15, 0.2) is 36.5 Å². The van der Waals surface area contributed by atoms with E-state index in [-0.39, 0.29) is 25.0 Å². The maximum atomic E-state index is 12.7. The predicted octanol–water partition coefficient (Wildman–Crippen LogP) is 0.818. The van der Waals surface area contributed by atoms with Gasteiger partial charge in [0, 0.05) is 32.9 Å². The molecule has 0 atom stereocenters. The molecule has 0 radical (unpaired) electrons. The van der Waals surface area contributed by atoms with Gasteiger partial charge in [-0.25, -0.2) is 4.98 Å². The third kappa shape index (κ3) is 5.15. The Morgan fingerprint density at radius 3 is 2.81 bits per heavy atom. The van der Waals surface area contributed by atoms with Gasteiger partial charge in [-0.1, -0.05) is 30.3 Å². The summed E-state index contributed by atoms with van der Waals surface area (Å²) in [5.41, 5.74) is 1.75. The average molecular weight is 372 g/mol. The third-order valence-corrected chi connectivity index (χ3v) is 4.26. The molecule has 1 aliphatic rings. The molecule has 0 saturated carbocycles. The molecule has 1 N–H and O–H groups in total. The Bertz CT molecular complexity index is 775. The van der Waals surface area contributed by atoms with Crippen molar-refractivity contribution in [2.45, 2.75) is 19.6 Å². The average Bonchev–Trinajstić information content (AvgIpc) is 3.11. The zero-order chi connectivity index (χ0) is 19.1. The highest BCUT2D eigenvalue weighted by Crippen LogP contribution is 2.15. The summed E-state index contributed by atoms with van der Waals surface area (Å²) >= 11 is 0. The van der Waals surface area contributed by atoms with Gasteiger partial charge in [-0.05, 0) is 5.56 Å². The van der Waals surface area contributed by atoms with E-state index in [2.05, 4.69) is 10.3 Å². The number of nitrogens with one attached hydrogen (secondary N) is 1. The smallest absolute Gasteiger partial charge is 0.290 e. The van der Waals surface area contributed by atoms with Crippen LogP contribution in [0.5, 0.6) is 0 Å². The van der Waals surface area contributed by atoms with Crippen LogP contribution >= 0.6 is 0 Å². The van der Waals surface area contributed by atoms with Gasteiger partial charge in [-0.3, -0.25) is 9.59 Å². The molecular formula is C19H24N4O4. The van der Waals surface area contributed by atoms with E-state index in [1.165, 1.54) is 0 Å². The number of methoxy groups -OCH3 is 1. The Labute approximate surface area is 158 Å². The second kappa shape index (κ2) is 9.29. The molecule has 1 aliphatic heterocycles. The number of aromatic nitrogens is 2. The van der Waals surface area contributed by atoms with Crippen molar-refractivity contribution in [3.63, 3.8) is 0 Å². The number of hydrogen-bond acceptors (Lipinski definition) is 5. The van der Waals surface area contributed by atoms with Crippen molar-refractivity contribution >= 4 is 11.8 Å². The fourth-order valence-electron chi connectivity index (χ4n) is 2.87. The highest BCUT2D eigenvalue weighted by molar-refractivity contribution is 5.91. The summed E-state index contributed by atoms with van der Waals surface area (Å²) < 4.78 is 11.9.